The van der Waals surface area contributed by atoms with Gasteiger partial charge in [0.25, 0.3) is 0 Å². The maximum atomic E-state index is 3.69. The smallest absolute Gasteiger partial charge is 0.0199 e. The standard InChI is InChI=1S/C44H41Br/c45-37-24-20-31(21-25-37)38-26-23-36-28-35(38)18-10-11-19-40-42(32-14-6-2-7-15-32)41-29-34(30-12-4-1-5-13-30)22-27-39(41)43(44(36)40)33-16-8-3-9-17-33/h2-4,6-9,12-18,20,22-25,27,29,31,38,43-44H,1,5,10-11,19,21,26,28H2/b35-18+. The highest BCUT2D eigenvalue weighted by Gasteiger charge is 2.41. The third-order valence-corrected chi connectivity index (χ3v) is 11.4. The van der Waals surface area contributed by atoms with Crippen molar-refractivity contribution in [2.75, 3.05) is 0 Å². The van der Waals surface area contributed by atoms with E-state index in [2.05, 4.69) is 143 Å². The number of fused-ring (bicyclic) bond motifs is 5. The van der Waals surface area contributed by atoms with Crippen LogP contribution in [0.15, 0.2) is 149 Å². The molecule has 4 unspecified atom stereocenters. The molecule has 5 aliphatic rings. The summed E-state index contributed by atoms with van der Waals surface area (Å²) in [5.41, 5.74) is 14.9. The molecule has 4 atom stereocenters. The lowest BCUT2D eigenvalue weighted by Gasteiger charge is -2.42. The summed E-state index contributed by atoms with van der Waals surface area (Å²) in [6.07, 6.45) is 28.6. The fraction of sp³-hybridized carbons (Fsp3) is 0.273. The Labute approximate surface area is 277 Å². The summed E-state index contributed by atoms with van der Waals surface area (Å²) in [7, 11) is 0. The van der Waals surface area contributed by atoms with Crippen molar-refractivity contribution >= 4 is 27.1 Å². The molecule has 0 spiro atoms. The number of rotatable bonds is 4. The second kappa shape index (κ2) is 12.6. The molecule has 0 fully saturated rings. The Balaban J connectivity index is 1.33. The van der Waals surface area contributed by atoms with Crippen LogP contribution in [-0.2, 0) is 0 Å². The highest BCUT2D eigenvalue weighted by molar-refractivity contribution is 9.11. The van der Waals surface area contributed by atoms with Gasteiger partial charge in [-0.25, -0.2) is 0 Å². The van der Waals surface area contributed by atoms with E-state index in [0.717, 1.165) is 44.9 Å². The molecule has 0 radical (unpaired) electrons. The van der Waals surface area contributed by atoms with Gasteiger partial charge in [-0.2, -0.15) is 0 Å². The fourth-order valence-electron chi connectivity index (χ4n) is 8.72. The molecule has 3 aromatic carbocycles. The molecule has 0 aliphatic heterocycles. The van der Waals surface area contributed by atoms with Crippen molar-refractivity contribution in [2.45, 2.75) is 57.3 Å². The molecule has 45 heavy (non-hydrogen) atoms. The van der Waals surface area contributed by atoms with E-state index in [1.54, 1.807) is 16.7 Å². The molecule has 8 rings (SSSR count). The number of hydrogen-bond acceptors (Lipinski definition) is 0. The maximum absolute atomic E-state index is 3.69. The Kier molecular flexibility index (Phi) is 8.06. The van der Waals surface area contributed by atoms with E-state index in [0.29, 0.717) is 23.7 Å². The zero-order valence-electron chi connectivity index (χ0n) is 26.0. The first-order valence-corrected chi connectivity index (χ1v) is 17.8. The summed E-state index contributed by atoms with van der Waals surface area (Å²) in [5.74, 6) is 1.87. The predicted octanol–water partition coefficient (Wildman–Crippen LogP) is 12.3. The predicted molar refractivity (Wildman–Crippen MR) is 194 cm³/mol. The summed E-state index contributed by atoms with van der Waals surface area (Å²) >= 11 is 3.69. The van der Waals surface area contributed by atoms with Crippen molar-refractivity contribution in [3.63, 3.8) is 0 Å². The second-order valence-corrected chi connectivity index (χ2v) is 14.3. The van der Waals surface area contributed by atoms with Gasteiger partial charge in [0.15, 0.2) is 0 Å². The van der Waals surface area contributed by atoms with E-state index in [-0.39, 0.29) is 0 Å². The van der Waals surface area contributed by atoms with Gasteiger partial charge < -0.3 is 0 Å². The minimum absolute atomic E-state index is 0.309. The van der Waals surface area contributed by atoms with Crippen LogP contribution in [0.1, 0.15) is 85.1 Å². The van der Waals surface area contributed by atoms with E-state index in [1.807, 2.05) is 0 Å². The molecule has 0 saturated heterocycles. The second-order valence-electron chi connectivity index (χ2n) is 13.4. The fourth-order valence-corrected chi connectivity index (χ4v) is 9.06. The van der Waals surface area contributed by atoms with Crippen molar-refractivity contribution in [1.29, 1.82) is 0 Å². The van der Waals surface area contributed by atoms with Crippen LogP contribution in [0.25, 0.3) is 11.1 Å². The van der Waals surface area contributed by atoms with Gasteiger partial charge in [0.2, 0.25) is 0 Å². The lowest BCUT2D eigenvalue weighted by atomic mass is 9.62. The molecule has 1 heteroatoms. The topological polar surface area (TPSA) is 0 Å². The Morgan fingerprint density at radius 3 is 2.29 bits per heavy atom. The Morgan fingerprint density at radius 1 is 0.667 bits per heavy atom. The Bertz CT molecular complexity index is 1810. The van der Waals surface area contributed by atoms with Gasteiger partial charge in [-0.1, -0.05) is 154 Å². The van der Waals surface area contributed by atoms with E-state index in [1.165, 1.54) is 49.9 Å². The highest BCUT2D eigenvalue weighted by atomic mass is 79.9. The minimum Gasteiger partial charge on any atom is -0.0847 e. The van der Waals surface area contributed by atoms with Gasteiger partial charge in [0, 0.05) is 16.3 Å². The molecule has 0 amide bonds. The first-order valence-electron chi connectivity index (χ1n) is 17.0. The molecule has 0 aromatic heterocycles. The molecule has 0 nitrogen and oxygen atoms in total. The minimum atomic E-state index is 0.309. The number of hydrogen-bond donors (Lipinski definition) is 0. The molecule has 3 aromatic rings. The summed E-state index contributed by atoms with van der Waals surface area (Å²) in [6, 6.07) is 30.1. The quantitative estimate of drug-likeness (QED) is 0.247. The number of halogens is 1. The third-order valence-electron chi connectivity index (χ3n) is 10.8. The molecule has 224 valence electrons. The monoisotopic (exact) mass is 648 g/mol. The molecule has 5 aliphatic carbocycles. The molecular weight excluding hydrogens is 608 g/mol. The number of allylic oxidation sites excluding steroid dienone is 13. The normalized spacial score (nSPS) is 27.0. The van der Waals surface area contributed by atoms with Crippen LogP contribution in [0, 0.1) is 17.8 Å². The van der Waals surface area contributed by atoms with E-state index in [9.17, 15) is 0 Å². The van der Waals surface area contributed by atoms with Gasteiger partial charge in [-0.15, -0.1) is 0 Å². The third kappa shape index (κ3) is 5.55. The summed E-state index contributed by atoms with van der Waals surface area (Å²) in [4.78, 5) is 0. The summed E-state index contributed by atoms with van der Waals surface area (Å²) in [5, 5.41) is 0. The van der Waals surface area contributed by atoms with Crippen LogP contribution < -0.4 is 0 Å². The van der Waals surface area contributed by atoms with Gasteiger partial charge in [0.1, 0.15) is 0 Å². The first kappa shape index (κ1) is 28.8. The molecule has 2 bridgehead atoms. The van der Waals surface area contributed by atoms with Crippen LogP contribution in [0.5, 0.6) is 0 Å². The Morgan fingerprint density at radius 2 is 1.51 bits per heavy atom. The van der Waals surface area contributed by atoms with E-state index >= 15 is 0 Å². The van der Waals surface area contributed by atoms with Gasteiger partial charge >= 0.3 is 0 Å². The van der Waals surface area contributed by atoms with Gasteiger partial charge in [-0.05, 0) is 108 Å². The molecule has 0 saturated carbocycles. The van der Waals surface area contributed by atoms with Crippen LogP contribution in [0.3, 0.4) is 0 Å². The maximum Gasteiger partial charge on any atom is 0.0199 e. The van der Waals surface area contributed by atoms with Crippen molar-refractivity contribution in [2.24, 2.45) is 17.8 Å². The molecule has 0 heterocycles. The Hall–Kier alpha value is -3.68. The largest absolute Gasteiger partial charge is 0.0847 e. The van der Waals surface area contributed by atoms with Crippen LogP contribution >= 0.6 is 15.9 Å². The SMILES string of the molecule is BrC1=CCC(C2CC=C3C/C2=C\CCCC2=C(c4ccccc4)c4cc(C5=CCCC=C5)ccc4C(c4ccccc4)C32)C=C1. The van der Waals surface area contributed by atoms with Crippen molar-refractivity contribution < 1.29 is 0 Å². The lowest BCUT2D eigenvalue weighted by Crippen LogP contribution is -2.28. The zero-order chi connectivity index (χ0) is 30.2. The van der Waals surface area contributed by atoms with Crippen LogP contribution in [0.4, 0.5) is 0 Å². The van der Waals surface area contributed by atoms with Crippen molar-refractivity contribution in [1.82, 2.24) is 0 Å². The summed E-state index contributed by atoms with van der Waals surface area (Å²) < 4.78 is 1.22. The van der Waals surface area contributed by atoms with Crippen LogP contribution in [-0.4, -0.2) is 0 Å². The highest BCUT2D eigenvalue weighted by Crippen LogP contribution is 2.55. The molecule has 0 N–H and O–H groups in total. The lowest BCUT2D eigenvalue weighted by molar-refractivity contribution is 0.427. The average Bonchev–Trinajstić information content (AvgIpc) is 3.17. The first-order chi connectivity index (χ1) is 22.2. The van der Waals surface area contributed by atoms with E-state index < -0.39 is 0 Å². The van der Waals surface area contributed by atoms with E-state index in [4.69, 9.17) is 0 Å². The van der Waals surface area contributed by atoms with Crippen molar-refractivity contribution in [3.05, 3.63) is 176 Å². The van der Waals surface area contributed by atoms with Gasteiger partial charge in [0.05, 0.1) is 0 Å². The van der Waals surface area contributed by atoms with Gasteiger partial charge in [-0.3, -0.25) is 0 Å². The zero-order valence-corrected chi connectivity index (χ0v) is 27.6. The summed E-state index contributed by atoms with van der Waals surface area (Å²) in [6.45, 7) is 0. The van der Waals surface area contributed by atoms with Crippen LogP contribution in [0.2, 0.25) is 0 Å². The average molecular weight is 650 g/mol. The number of benzene rings is 3. The van der Waals surface area contributed by atoms with Crippen molar-refractivity contribution in [3.8, 4) is 0 Å². The molecular formula is C44H41Br.